The van der Waals surface area contributed by atoms with Crippen molar-refractivity contribution in [2.24, 2.45) is 0 Å². The number of rotatable bonds is 3. The van der Waals surface area contributed by atoms with Crippen molar-refractivity contribution in [2.45, 2.75) is 44.8 Å². The molecule has 5 heteroatoms. The van der Waals surface area contributed by atoms with Crippen LogP contribution in [0.3, 0.4) is 0 Å². The van der Waals surface area contributed by atoms with Gasteiger partial charge in [0.2, 0.25) is 9.05 Å². The van der Waals surface area contributed by atoms with Crippen LogP contribution in [0, 0.1) is 0 Å². The topological polar surface area (TPSA) is 43.4 Å². The van der Waals surface area contributed by atoms with Crippen molar-refractivity contribution < 1.29 is 13.2 Å². The standard InChI is InChI=1S/C8H15ClO3S/c1-3-8(2)5-4-7(12-8)6-13(9,10)11/h7H,3-6H2,1-2H3. The summed E-state index contributed by atoms with van der Waals surface area (Å²) in [6, 6.07) is 0. The van der Waals surface area contributed by atoms with E-state index >= 15 is 0 Å². The highest BCUT2D eigenvalue weighted by molar-refractivity contribution is 8.13. The van der Waals surface area contributed by atoms with Gasteiger partial charge in [-0.05, 0) is 26.2 Å². The van der Waals surface area contributed by atoms with E-state index < -0.39 is 9.05 Å². The molecule has 1 aliphatic rings. The summed E-state index contributed by atoms with van der Waals surface area (Å²) < 4.78 is 27.2. The van der Waals surface area contributed by atoms with Gasteiger partial charge >= 0.3 is 0 Å². The minimum atomic E-state index is -3.42. The summed E-state index contributed by atoms with van der Waals surface area (Å²) in [5, 5.41) is 0. The molecule has 0 radical (unpaired) electrons. The summed E-state index contributed by atoms with van der Waals surface area (Å²) in [6.45, 7) is 4.05. The van der Waals surface area contributed by atoms with Crippen molar-refractivity contribution in [2.75, 3.05) is 5.75 Å². The van der Waals surface area contributed by atoms with Crippen molar-refractivity contribution >= 4 is 19.7 Å². The van der Waals surface area contributed by atoms with Crippen LogP contribution in [0.4, 0.5) is 0 Å². The molecule has 1 fully saturated rings. The Bertz CT molecular complexity index is 275. The number of hydrogen-bond acceptors (Lipinski definition) is 3. The molecule has 1 rings (SSSR count). The highest BCUT2D eigenvalue weighted by atomic mass is 35.7. The van der Waals surface area contributed by atoms with Gasteiger partial charge in [0, 0.05) is 10.7 Å². The third-order valence-corrected chi connectivity index (χ3v) is 3.73. The number of hydrogen-bond donors (Lipinski definition) is 0. The fourth-order valence-electron chi connectivity index (χ4n) is 1.59. The van der Waals surface area contributed by atoms with E-state index in [9.17, 15) is 8.42 Å². The van der Waals surface area contributed by atoms with Gasteiger partial charge in [-0.25, -0.2) is 8.42 Å². The van der Waals surface area contributed by atoms with Crippen molar-refractivity contribution in [1.29, 1.82) is 0 Å². The van der Waals surface area contributed by atoms with E-state index in [2.05, 4.69) is 0 Å². The van der Waals surface area contributed by atoms with Crippen LogP contribution in [0.25, 0.3) is 0 Å². The van der Waals surface area contributed by atoms with Gasteiger partial charge in [0.05, 0.1) is 17.5 Å². The van der Waals surface area contributed by atoms with Gasteiger partial charge in [0.15, 0.2) is 0 Å². The van der Waals surface area contributed by atoms with Crippen LogP contribution in [-0.4, -0.2) is 25.9 Å². The molecule has 1 aliphatic heterocycles. The van der Waals surface area contributed by atoms with Crippen LogP contribution in [0.2, 0.25) is 0 Å². The fraction of sp³-hybridized carbons (Fsp3) is 1.00. The zero-order chi connectivity index (χ0) is 10.1. The molecule has 3 nitrogen and oxygen atoms in total. The second-order valence-corrected chi connectivity index (χ2v) is 6.61. The van der Waals surface area contributed by atoms with Gasteiger partial charge in [-0.3, -0.25) is 0 Å². The van der Waals surface area contributed by atoms with E-state index in [1.165, 1.54) is 0 Å². The SMILES string of the molecule is CCC1(C)CCC(CS(=O)(=O)Cl)O1. The molecule has 0 aromatic heterocycles. The highest BCUT2D eigenvalue weighted by Crippen LogP contribution is 2.33. The Hall–Kier alpha value is 0.200. The Balaban J connectivity index is 2.51. The Morgan fingerprint density at radius 2 is 2.23 bits per heavy atom. The quantitative estimate of drug-likeness (QED) is 0.691. The summed E-state index contributed by atoms with van der Waals surface area (Å²) in [5.74, 6) is -0.0653. The van der Waals surface area contributed by atoms with E-state index in [0.29, 0.717) is 0 Å². The average Bonchev–Trinajstić information content (AvgIpc) is 2.30. The zero-order valence-electron chi connectivity index (χ0n) is 7.92. The molecule has 0 aromatic carbocycles. The molecule has 1 heterocycles. The van der Waals surface area contributed by atoms with Crippen LogP contribution in [0.15, 0.2) is 0 Å². The van der Waals surface area contributed by atoms with Crippen LogP contribution in [-0.2, 0) is 13.8 Å². The monoisotopic (exact) mass is 226 g/mol. The minimum absolute atomic E-state index is 0.0653. The second kappa shape index (κ2) is 3.75. The van der Waals surface area contributed by atoms with Crippen LogP contribution in [0.1, 0.15) is 33.1 Å². The van der Waals surface area contributed by atoms with Crippen molar-refractivity contribution in [3.63, 3.8) is 0 Å². The molecule has 1 saturated heterocycles. The lowest BCUT2D eigenvalue weighted by molar-refractivity contribution is -0.0212. The first-order valence-corrected chi connectivity index (χ1v) is 6.93. The molecular weight excluding hydrogens is 212 g/mol. The Morgan fingerprint density at radius 3 is 2.62 bits per heavy atom. The molecule has 0 bridgehead atoms. The van der Waals surface area contributed by atoms with Gasteiger partial charge in [-0.1, -0.05) is 6.92 Å². The minimum Gasteiger partial charge on any atom is -0.371 e. The summed E-state index contributed by atoms with van der Waals surface area (Å²) in [6.07, 6.45) is 2.40. The maximum atomic E-state index is 10.8. The lowest BCUT2D eigenvalue weighted by Gasteiger charge is -2.22. The van der Waals surface area contributed by atoms with Crippen LogP contribution >= 0.6 is 10.7 Å². The molecule has 0 N–H and O–H groups in total. The Labute approximate surface area is 83.8 Å². The van der Waals surface area contributed by atoms with Crippen LogP contribution in [0.5, 0.6) is 0 Å². The van der Waals surface area contributed by atoms with E-state index in [1.807, 2.05) is 13.8 Å². The normalized spacial score (nSPS) is 35.2. The van der Waals surface area contributed by atoms with Gasteiger partial charge in [-0.15, -0.1) is 0 Å². The molecule has 2 atom stereocenters. The van der Waals surface area contributed by atoms with E-state index in [-0.39, 0.29) is 17.5 Å². The maximum absolute atomic E-state index is 10.8. The van der Waals surface area contributed by atoms with Crippen molar-refractivity contribution in [1.82, 2.24) is 0 Å². The molecule has 0 aliphatic carbocycles. The average molecular weight is 227 g/mol. The molecule has 0 saturated carbocycles. The van der Waals surface area contributed by atoms with Crippen LogP contribution < -0.4 is 0 Å². The number of halogens is 1. The highest BCUT2D eigenvalue weighted by Gasteiger charge is 2.36. The smallest absolute Gasteiger partial charge is 0.235 e. The van der Waals surface area contributed by atoms with Crippen molar-refractivity contribution in [3.8, 4) is 0 Å². The molecule has 13 heavy (non-hydrogen) atoms. The summed E-state index contributed by atoms with van der Waals surface area (Å²) >= 11 is 0. The summed E-state index contributed by atoms with van der Waals surface area (Å²) in [4.78, 5) is 0. The molecule has 0 aromatic rings. The Morgan fingerprint density at radius 1 is 1.62 bits per heavy atom. The van der Waals surface area contributed by atoms with Gasteiger partial charge < -0.3 is 4.74 Å². The first-order chi connectivity index (χ1) is 5.85. The first-order valence-electron chi connectivity index (χ1n) is 4.45. The maximum Gasteiger partial charge on any atom is 0.235 e. The van der Waals surface area contributed by atoms with E-state index in [0.717, 1.165) is 19.3 Å². The van der Waals surface area contributed by atoms with Gasteiger partial charge in [-0.2, -0.15) is 0 Å². The molecular formula is C8H15ClO3S. The number of ether oxygens (including phenoxy) is 1. The van der Waals surface area contributed by atoms with E-state index in [4.69, 9.17) is 15.4 Å². The third-order valence-electron chi connectivity index (χ3n) is 2.58. The largest absolute Gasteiger partial charge is 0.371 e. The van der Waals surface area contributed by atoms with Crippen molar-refractivity contribution in [3.05, 3.63) is 0 Å². The molecule has 0 amide bonds. The lowest BCUT2D eigenvalue weighted by atomic mass is 10.00. The predicted molar refractivity (Wildman–Crippen MR) is 52.4 cm³/mol. The summed E-state index contributed by atoms with van der Waals surface area (Å²) in [7, 11) is 1.72. The Kier molecular flexibility index (Phi) is 3.25. The molecule has 78 valence electrons. The van der Waals surface area contributed by atoms with E-state index in [1.54, 1.807) is 0 Å². The zero-order valence-corrected chi connectivity index (χ0v) is 9.49. The van der Waals surface area contributed by atoms with Gasteiger partial charge in [0.25, 0.3) is 0 Å². The third kappa shape index (κ3) is 3.44. The molecule has 0 spiro atoms. The predicted octanol–water partition coefficient (Wildman–Crippen LogP) is 1.90. The van der Waals surface area contributed by atoms with Gasteiger partial charge in [0.1, 0.15) is 0 Å². The molecule has 2 unspecified atom stereocenters. The second-order valence-electron chi connectivity index (χ2n) is 3.79. The fourth-order valence-corrected chi connectivity index (χ4v) is 2.69. The lowest BCUT2D eigenvalue weighted by Crippen LogP contribution is -2.26. The summed E-state index contributed by atoms with van der Waals surface area (Å²) in [5.41, 5.74) is -0.147. The first kappa shape index (κ1) is 11.3.